The summed E-state index contributed by atoms with van der Waals surface area (Å²) in [6.07, 6.45) is 19.8. The zero-order valence-corrected chi connectivity index (χ0v) is 20.0. The lowest BCUT2D eigenvalue weighted by molar-refractivity contribution is -0.686. The third kappa shape index (κ3) is 9.07. The van der Waals surface area contributed by atoms with Gasteiger partial charge < -0.3 is 0 Å². The second-order valence-electron chi connectivity index (χ2n) is 8.39. The van der Waals surface area contributed by atoms with E-state index in [1.54, 1.807) is 6.20 Å². The number of nitrogens with zero attached hydrogens (tertiary/aromatic N) is 2. The van der Waals surface area contributed by atoms with Crippen LogP contribution in [0.5, 0.6) is 0 Å². The molecule has 0 N–H and O–H groups in total. The minimum atomic E-state index is 0.105. The summed E-state index contributed by atoms with van der Waals surface area (Å²) in [5.74, 6) is 0.105. The van der Waals surface area contributed by atoms with Gasteiger partial charge in [-0.2, -0.15) is 4.57 Å². The number of carbonyl (C=O) groups excluding carboxylic acids is 1. The number of carbonyl (C=O) groups is 1. The third-order valence-electron chi connectivity index (χ3n) is 5.78. The Hall–Kier alpha value is -1.55. The Balaban J connectivity index is 1.94. The molecule has 2 rings (SSSR count). The zero-order chi connectivity index (χ0) is 21.4. The van der Waals surface area contributed by atoms with Crippen LogP contribution in [0.25, 0.3) is 0 Å². The van der Waals surface area contributed by atoms with Crippen molar-refractivity contribution in [2.24, 2.45) is 0 Å². The predicted octanol–water partition coefficient (Wildman–Crippen LogP) is 7.12. The van der Waals surface area contributed by atoms with Crippen LogP contribution in [0.4, 0.5) is 0 Å². The number of hydrogen-bond acceptors (Lipinski definition) is 3. The molecular formula is C26H41N2OS+. The van der Waals surface area contributed by atoms with Crippen molar-refractivity contribution in [2.45, 2.75) is 110 Å². The first kappa shape index (κ1) is 24.7. The lowest BCUT2D eigenvalue weighted by Gasteiger charge is -2.04. The highest BCUT2D eigenvalue weighted by Gasteiger charge is 2.22. The van der Waals surface area contributed by atoms with E-state index in [1.807, 2.05) is 29.5 Å². The Bertz CT molecular complexity index is 711. The Morgan fingerprint density at radius 3 is 2.13 bits per heavy atom. The van der Waals surface area contributed by atoms with E-state index < -0.39 is 0 Å². The van der Waals surface area contributed by atoms with Gasteiger partial charge in [0.05, 0.1) is 4.88 Å². The zero-order valence-electron chi connectivity index (χ0n) is 19.2. The summed E-state index contributed by atoms with van der Waals surface area (Å²) in [6.45, 7) is 4.95. The quantitative estimate of drug-likeness (QED) is 0.152. The summed E-state index contributed by atoms with van der Waals surface area (Å²) in [7, 11) is 0. The van der Waals surface area contributed by atoms with Crippen molar-refractivity contribution in [3.05, 3.63) is 46.2 Å². The average Bonchev–Trinajstić information content (AvgIpc) is 3.15. The van der Waals surface area contributed by atoms with Gasteiger partial charge in [0.2, 0.25) is 17.8 Å². The molecule has 0 amide bonds. The molecule has 0 unspecified atom stereocenters. The Morgan fingerprint density at radius 2 is 1.50 bits per heavy atom. The summed E-state index contributed by atoms with van der Waals surface area (Å²) < 4.78 is 2.21. The first-order valence-corrected chi connectivity index (χ1v) is 13.1. The summed E-state index contributed by atoms with van der Waals surface area (Å²) in [4.78, 5) is 18.4. The molecule has 0 aliphatic rings. The molecule has 0 spiro atoms. The Morgan fingerprint density at radius 1 is 0.867 bits per heavy atom. The summed E-state index contributed by atoms with van der Waals surface area (Å²) in [5.41, 5.74) is 4.13. The number of unbranched alkanes of at least 4 members (excludes halogenated alkanes) is 10. The van der Waals surface area contributed by atoms with Crippen LogP contribution in [0.15, 0.2) is 29.9 Å². The van der Waals surface area contributed by atoms with Crippen LogP contribution < -0.4 is 4.57 Å². The van der Waals surface area contributed by atoms with E-state index in [2.05, 4.69) is 28.9 Å². The van der Waals surface area contributed by atoms with Crippen LogP contribution in [0.3, 0.4) is 0 Å². The highest BCUT2D eigenvalue weighted by atomic mass is 32.1. The van der Waals surface area contributed by atoms with Gasteiger partial charge in [-0.3, -0.25) is 9.78 Å². The van der Waals surface area contributed by atoms with E-state index in [0.717, 1.165) is 12.8 Å². The van der Waals surface area contributed by atoms with Gasteiger partial charge in [-0.15, -0.1) is 0 Å². The number of rotatable bonds is 17. The minimum absolute atomic E-state index is 0.105. The molecule has 0 atom stereocenters. The maximum absolute atomic E-state index is 12.7. The molecule has 2 aromatic rings. The van der Waals surface area contributed by atoms with Crippen molar-refractivity contribution in [1.29, 1.82) is 0 Å². The molecule has 0 radical (unpaired) electrons. The molecule has 4 heteroatoms. The van der Waals surface area contributed by atoms with Gasteiger partial charge in [0.1, 0.15) is 5.69 Å². The maximum Gasteiger partial charge on any atom is 0.245 e. The van der Waals surface area contributed by atoms with Gasteiger partial charge in [-0.05, 0) is 31.4 Å². The lowest BCUT2D eigenvalue weighted by Crippen LogP contribution is -2.40. The molecule has 0 saturated heterocycles. The lowest BCUT2D eigenvalue weighted by atomic mass is 10.0. The molecule has 2 aromatic heterocycles. The monoisotopic (exact) mass is 429 g/mol. The van der Waals surface area contributed by atoms with Crippen LogP contribution in [-0.2, 0) is 19.4 Å². The van der Waals surface area contributed by atoms with Gasteiger partial charge in [0.15, 0.2) is 5.69 Å². The topological polar surface area (TPSA) is 33.8 Å². The number of aryl methyl sites for hydroxylation is 1. The van der Waals surface area contributed by atoms with Crippen molar-refractivity contribution in [3.63, 3.8) is 0 Å². The molecule has 30 heavy (non-hydrogen) atoms. The molecule has 0 aliphatic carbocycles. The Labute approximate surface area is 188 Å². The van der Waals surface area contributed by atoms with E-state index in [1.165, 1.54) is 87.6 Å². The smallest absolute Gasteiger partial charge is 0.245 e. The normalized spacial score (nSPS) is 11.1. The number of aromatic nitrogens is 2. The van der Waals surface area contributed by atoms with Crippen molar-refractivity contribution in [2.75, 3.05) is 0 Å². The first-order chi connectivity index (χ1) is 14.8. The van der Waals surface area contributed by atoms with E-state index in [4.69, 9.17) is 0 Å². The fraction of sp³-hybridized carbons (Fsp3) is 0.654. The second kappa shape index (κ2) is 15.3. The van der Waals surface area contributed by atoms with Gasteiger partial charge in [-0.25, -0.2) is 0 Å². The number of pyridine rings is 1. The van der Waals surface area contributed by atoms with E-state index >= 15 is 0 Å². The van der Waals surface area contributed by atoms with Crippen molar-refractivity contribution < 1.29 is 9.36 Å². The van der Waals surface area contributed by atoms with Crippen LogP contribution in [-0.4, -0.2) is 10.8 Å². The number of thiazole rings is 1. The van der Waals surface area contributed by atoms with Gasteiger partial charge in [-0.1, -0.05) is 95.5 Å². The van der Waals surface area contributed by atoms with Crippen molar-refractivity contribution in [3.8, 4) is 0 Å². The summed E-state index contributed by atoms with van der Waals surface area (Å²) in [6, 6.07) is 5.57. The van der Waals surface area contributed by atoms with Gasteiger partial charge in [0, 0.05) is 12.6 Å². The summed E-state index contributed by atoms with van der Waals surface area (Å²) in [5, 5.41) is 0. The van der Waals surface area contributed by atoms with Crippen molar-refractivity contribution in [1.82, 2.24) is 4.98 Å². The SMILES string of the molecule is CCCCCCCCc1sc[n+](CC(=O)c2ccccn2)c1CCCCCCCC. The highest BCUT2D eigenvalue weighted by Crippen LogP contribution is 2.19. The third-order valence-corrected chi connectivity index (χ3v) is 6.86. The molecule has 0 aromatic carbocycles. The number of hydrogen-bond donors (Lipinski definition) is 0. The fourth-order valence-electron chi connectivity index (χ4n) is 3.94. The minimum Gasteiger partial charge on any atom is -0.285 e. The first-order valence-electron chi connectivity index (χ1n) is 12.2. The van der Waals surface area contributed by atoms with E-state index in [9.17, 15) is 4.79 Å². The average molecular weight is 430 g/mol. The van der Waals surface area contributed by atoms with Crippen LogP contribution in [0, 0.1) is 0 Å². The molecule has 2 heterocycles. The molecule has 0 fully saturated rings. The molecule has 0 saturated carbocycles. The standard InChI is InChI=1S/C26H41N2OS/c1-3-5-7-9-11-13-18-24-26(19-14-12-10-8-6-4-2)30-22-28(24)21-25(29)23-17-15-16-20-27-23/h15-17,20,22H,3-14,18-19,21H2,1-2H3/q+1. The molecular weight excluding hydrogens is 388 g/mol. The fourth-order valence-corrected chi connectivity index (χ4v) is 5.01. The Kier molecular flexibility index (Phi) is 12.6. The molecule has 0 aliphatic heterocycles. The molecule has 0 bridgehead atoms. The second-order valence-corrected chi connectivity index (χ2v) is 9.33. The maximum atomic E-state index is 12.7. The number of ketones is 1. The highest BCUT2D eigenvalue weighted by molar-refractivity contribution is 7.09. The van der Waals surface area contributed by atoms with Crippen LogP contribution in [0.2, 0.25) is 0 Å². The largest absolute Gasteiger partial charge is 0.285 e. The number of Topliss-reactive ketones (excluding diaryl/α,β-unsaturated/α-hetero) is 1. The predicted molar refractivity (Wildman–Crippen MR) is 127 cm³/mol. The molecule has 166 valence electrons. The summed E-state index contributed by atoms with van der Waals surface area (Å²) >= 11 is 1.84. The van der Waals surface area contributed by atoms with Gasteiger partial charge >= 0.3 is 0 Å². The van der Waals surface area contributed by atoms with E-state index in [0.29, 0.717) is 12.2 Å². The van der Waals surface area contributed by atoms with Crippen LogP contribution in [0.1, 0.15) is 112 Å². The molecule has 3 nitrogen and oxygen atoms in total. The van der Waals surface area contributed by atoms with Crippen molar-refractivity contribution >= 4 is 17.1 Å². The van der Waals surface area contributed by atoms with E-state index in [-0.39, 0.29) is 5.78 Å². The van der Waals surface area contributed by atoms with Gasteiger partial charge in [0.25, 0.3) is 0 Å². The van der Waals surface area contributed by atoms with Crippen LogP contribution >= 0.6 is 11.3 Å².